The molecule has 0 aliphatic heterocycles. The van der Waals surface area contributed by atoms with Gasteiger partial charge >= 0.3 is 0 Å². The summed E-state index contributed by atoms with van der Waals surface area (Å²) in [6.45, 7) is 2.13. The third-order valence-electron chi connectivity index (χ3n) is 3.00. The van der Waals surface area contributed by atoms with Gasteiger partial charge in [-0.1, -0.05) is 29.8 Å². The third kappa shape index (κ3) is 3.21. The SMILES string of the molecule is NCC(COCC1CC1)c1ccccc1Cl. The highest BCUT2D eigenvalue weighted by atomic mass is 35.5. The van der Waals surface area contributed by atoms with Gasteiger partial charge in [0.15, 0.2) is 0 Å². The Kier molecular flexibility index (Phi) is 4.22. The number of nitrogens with two attached hydrogens (primary N) is 1. The minimum Gasteiger partial charge on any atom is -0.380 e. The molecule has 0 bridgehead atoms. The fraction of sp³-hybridized carbons (Fsp3) is 0.538. The van der Waals surface area contributed by atoms with E-state index in [9.17, 15) is 0 Å². The van der Waals surface area contributed by atoms with Gasteiger partial charge in [0.1, 0.15) is 0 Å². The van der Waals surface area contributed by atoms with E-state index in [1.54, 1.807) is 0 Å². The number of hydrogen-bond donors (Lipinski definition) is 1. The van der Waals surface area contributed by atoms with Crippen molar-refractivity contribution in [3.63, 3.8) is 0 Å². The molecule has 1 aliphatic carbocycles. The van der Waals surface area contributed by atoms with Crippen LogP contribution in [0.3, 0.4) is 0 Å². The summed E-state index contributed by atoms with van der Waals surface area (Å²) in [7, 11) is 0. The zero-order valence-electron chi connectivity index (χ0n) is 9.36. The molecule has 2 nitrogen and oxygen atoms in total. The van der Waals surface area contributed by atoms with Crippen molar-refractivity contribution in [2.75, 3.05) is 19.8 Å². The van der Waals surface area contributed by atoms with Crippen molar-refractivity contribution in [2.24, 2.45) is 11.7 Å². The molecule has 2 rings (SSSR count). The predicted molar refractivity (Wildman–Crippen MR) is 66.8 cm³/mol. The summed E-state index contributed by atoms with van der Waals surface area (Å²) in [5.41, 5.74) is 6.87. The van der Waals surface area contributed by atoms with Gasteiger partial charge in [-0.25, -0.2) is 0 Å². The molecule has 1 unspecified atom stereocenters. The lowest BCUT2D eigenvalue weighted by Gasteiger charge is -2.16. The van der Waals surface area contributed by atoms with Crippen molar-refractivity contribution in [3.8, 4) is 0 Å². The number of rotatable bonds is 6. The second-order valence-electron chi connectivity index (χ2n) is 4.43. The lowest BCUT2D eigenvalue weighted by atomic mass is 10.0. The van der Waals surface area contributed by atoms with Crippen LogP contribution in [0.4, 0.5) is 0 Å². The summed E-state index contributed by atoms with van der Waals surface area (Å²) < 4.78 is 5.68. The van der Waals surface area contributed by atoms with E-state index in [-0.39, 0.29) is 5.92 Å². The molecule has 0 amide bonds. The van der Waals surface area contributed by atoms with Gasteiger partial charge < -0.3 is 10.5 Å². The molecule has 0 heterocycles. The normalized spacial score (nSPS) is 17.4. The van der Waals surface area contributed by atoms with Gasteiger partial charge in [-0.05, 0) is 30.4 Å². The van der Waals surface area contributed by atoms with E-state index in [0.29, 0.717) is 13.2 Å². The molecule has 2 N–H and O–H groups in total. The molecule has 88 valence electrons. The molecule has 1 aliphatic rings. The summed E-state index contributed by atoms with van der Waals surface area (Å²) in [6, 6.07) is 7.86. The number of ether oxygens (including phenoxy) is 1. The molecule has 0 radical (unpaired) electrons. The Balaban J connectivity index is 1.90. The van der Waals surface area contributed by atoms with Gasteiger partial charge in [-0.15, -0.1) is 0 Å². The predicted octanol–water partition coefficient (Wildman–Crippen LogP) is 2.81. The molecular weight excluding hydrogens is 222 g/mol. The van der Waals surface area contributed by atoms with Crippen LogP contribution in [0.1, 0.15) is 24.3 Å². The van der Waals surface area contributed by atoms with Crippen LogP contribution in [0.25, 0.3) is 0 Å². The van der Waals surface area contributed by atoms with E-state index >= 15 is 0 Å². The molecule has 16 heavy (non-hydrogen) atoms. The second kappa shape index (κ2) is 5.67. The average Bonchev–Trinajstić information content (AvgIpc) is 3.10. The van der Waals surface area contributed by atoms with Crippen LogP contribution in [-0.2, 0) is 4.74 Å². The maximum atomic E-state index is 6.14. The van der Waals surface area contributed by atoms with E-state index in [2.05, 4.69) is 0 Å². The Bertz CT molecular complexity index is 338. The van der Waals surface area contributed by atoms with Crippen LogP contribution in [0.5, 0.6) is 0 Å². The number of hydrogen-bond acceptors (Lipinski definition) is 2. The van der Waals surface area contributed by atoms with Crippen LogP contribution in [0.2, 0.25) is 5.02 Å². The highest BCUT2D eigenvalue weighted by molar-refractivity contribution is 6.31. The first-order chi connectivity index (χ1) is 7.81. The Labute approximate surface area is 102 Å². The van der Waals surface area contributed by atoms with Crippen molar-refractivity contribution in [3.05, 3.63) is 34.9 Å². The topological polar surface area (TPSA) is 35.2 Å². The largest absolute Gasteiger partial charge is 0.380 e. The first-order valence-corrected chi connectivity index (χ1v) is 6.21. The molecular formula is C13H18ClNO. The fourth-order valence-corrected chi connectivity index (χ4v) is 2.04. The average molecular weight is 240 g/mol. The van der Waals surface area contributed by atoms with Crippen LogP contribution in [0, 0.1) is 5.92 Å². The molecule has 1 saturated carbocycles. The van der Waals surface area contributed by atoms with E-state index in [0.717, 1.165) is 23.1 Å². The first kappa shape index (κ1) is 11.9. The lowest BCUT2D eigenvalue weighted by Crippen LogP contribution is -2.19. The maximum absolute atomic E-state index is 6.14. The van der Waals surface area contributed by atoms with Crippen molar-refractivity contribution >= 4 is 11.6 Å². The van der Waals surface area contributed by atoms with Gasteiger partial charge in [0, 0.05) is 24.1 Å². The van der Waals surface area contributed by atoms with E-state index in [1.807, 2.05) is 24.3 Å². The molecule has 3 heteroatoms. The highest BCUT2D eigenvalue weighted by Crippen LogP contribution is 2.30. The third-order valence-corrected chi connectivity index (χ3v) is 3.34. The van der Waals surface area contributed by atoms with Crippen molar-refractivity contribution in [1.29, 1.82) is 0 Å². The Morgan fingerprint density at radius 2 is 2.12 bits per heavy atom. The standard InChI is InChI=1S/C13H18ClNO/c14-13-4-2-1-3-12(13)11(7-15)9-16-8-10-5-6-10/h1-4,10-11H,5-9,15H2. The van der Waals surface area contributed by atoms with Crippen molar-refractivity contribution < 1.29 is 4.74 Å². The van der Waals surface area contributed by atoms with Crippen molar-refractivity contribution in [1.82, 2.24) is 0 Å². The summed E-state index contributed by atoms with van der Waals surface area (Å²) >= 11 is 6.14. The summed E-state index contributed by atoms with van der Waals surface area (Å²) in [6.07, 6.45) is 2.64. The van der Waals surface area contributed by atoms with Crippen LogP contribution in [0.15, 0.2) is 24.3 Å². The molecule has 0 spiro atoms. The fourth-order valence-electron chi connectivity index (χ4n) is 1.75. The van der Waals surface area contributed by atoms with Gasteiger partial charge in [0.2, 0.25) is 0 Å². The lowest BCUT2D eigenvalue weighted by molar-refractivity contribution is 0.112. The van der Waals surface area contributed by atoms with E-state index in [1.165, 1.54) is 12.8 Å². The number of benzene rings is 1. The molecule has 1 atom stereocenters. The van der Waals surface area contributed by atoms with Gasteiger partial charge in [0.05, 0.1) is 6.61 Å². The highest BCUT2D eigenvalue weighted by Gasteiger charge is 2.22. The smallest absolute Gasteiger partial charge is 0.0547 e. The van der Waals surface area contributed by atoms with Crippen LogP contribution in [-0.4, -0.2) is 19.8 Å². The summed E-state index contributed by atoms with van der Waals surface area (Å²) in [5, 5.41) is 0.785. The van der Waals surface area contributed by atoms with Gasteiger partial charge in [-0.2, -0.15) is 0 Å². The minimum atomic E-state index is 0.215. The van der Waals surface area contributed by atoms with Gasteiger partial charge in [0.25, 0.3) is 0 Å². The molecule has 1 aromatic carbocycles. The zero-order valence-corrected chi connectivity index (χ0v) is 10.1. The Morgan fingerprint density at radius 3 is 2.75 bits per heavy atom. The minimum absolute atomic E-state index is 0.215. The monoisotopic (exact) mass is 239 g/mol. The Hall–Kier alpha value is -0.570. The van der Waals surface area contributed by atoms with Crippen molar-refractivity contribution in [2.45, 2.75) is 18.8 Å². The maximum Gasteiger partial charge on any atom is 0.0547 e. The van der Waals surface area contributed by atoms with Gasteiger partial charge in [-0.3, -0.25) is 0 Å². The molecule has 1 fully saturated rings. The van der Waals surface area contributed by atoms with Crippen LogP contribution < -0.4 is 5.73 Å². The summed E-state index contributed by atoms with van der Waals surface area (Å²) in [4.78, 5) is 0. The van der Waals surface area contributed by atoms with E-state index in [4.69, 9.17) is 22.1 Å². The molecule has 1 aromatic rings. The number of halogens is 1. The molecule has 0 saturated heterocycles. The first-order valence-electron chi connectivity index (χ1n) is 5.83. The van der Waals surface area contributed by atoms with E-state index < -0.39 is 0 Å². The summed E-state index contributed by atoms with van der Waals surface area (Å²) in [5.74, 6) is 1.01. The molecule has 0 aromatic heterocycles. The quantitative estimate of drug-likeness (QED) is 0.829. The zero-order chi connectivity index (χ0) is 11.4. The van der Waals surface area contributed by atoms with Crippen LogP contribution >= 0.6 is 11.6 Å². The second-order valence-corrected chi connectivity index (χ2v) is 4.84. The Morgan fingerprint density at radius 1 is 1.38 bits per heavy atom.